The van der Waals surface area contributed by atoms with Gasteiger partial charge in [-0.15, -0.1) is 0 Å². The van der Waals surface area contributed by atoms with Crippen LogP contribution in [0.15, 0.2) is 108 Å². The number of benzene rings is 4. The van der Waals surface area contributed by atoms with E-state index in [4.69, 9.17) is 0 Å². The lowest BCUT2D eigenvalue weighted by atomic mass is 9.98. The average molecular weight is 628 g/mol. The number of aromatic nitrogens is 1. The van der Waals surface area contributed by atoms with Crippen molar-refractivity contribution in [2.75, 3.05) is 19.6 Å². The first-order valence-electron chi connectivity index (χ1n) is 16.3. The highest BCUT2D eigenvalue weighted by atomic mass is 16.2. The molecule has 6 rings (SSSR count). The highest BCUT2D eigenvalue weighted by Crippen LogP contribution is 2.25. The minimum absolute atomic E-state index is 0.213. The third kappa shape index (κ3) is 7.93. The fourth-order valence-corrected chi connectivity index (χ4v) is 6.10. The molecule has 5 aromatic rings. The van der Waals surface area contributed by atoms with Gasteiger partial charge in [-0.25, -0.2) is 0 Å². The predicted octanol–water partition coefficient (Wildman–Crippen LogP) is 4.98. The molecule has 0 unspecified atom stereocenters. The van der Waals surface area contributed by atoms with Crippen molar-refractivity contribution in [3.8, 4) is 0 Å². The Morgan fingerprint density at radius 2 is 1.62 bits per heavy atom. The number of fused-ring (bicyclic) bond motifs is 2. The molecule has 9 heteroatoms. The summed E-state index contributed by atoms with van der Waals surface area (Å²) in [6.07, 6.45) is 2.92. The number of pyridine rings is 1. The summed E-state index contributed by atoms with van der Waals surface area (Å²) < 4.78 is 0. The second-order valence-corrected chi connectivity index (χ2v) is 11.8. The summed E-state index contributed by atoms with van der Waals surface area (Å²) in [5.41, 5.74) is 3.62. The van der Waals surface area contributed by atoms with Gasteiger partial charge in [-0.3, -0.25) is 19.6 Å². The minimum atomic E-state index is -0.723. The third-order valence-corrected chi connectivity index (χ3v) is 8.51. The van der Waals surface area contributed by atoms with Gasteiger partial charge in [0, 0.05) is 37.9 Å². The number of aliphatic imine (C=N–C) groups is 1. The van der Waals surface area contributed by atoms with Crippen LogP contribution in [0.5, 0.6) is 0 Å². The SMILES string of the molecule is C[C@H](NC(=O)[C@H](CCCNC1=NCCN1)NC(=O)c1ccc(CNCc2ccccn2)c2ccccc12)c1cccc2ccccc12. The first kappa shape index (κ1) is 31.7. The fourth-order valence-electron chi connectivity index (χ4n) is 6.10. The first-order valence-corrected chi connectivity index (χ1v) is 16.3. The van der Waals surface area contributed by atoms with Gasteiger partial charge in [-0.05, 0) is 70.6 Å². The lowest BCUT2D eigenvalue weighted by Gasteiger charge is -2.23. The van der Waals surface area contributed by atoms with Crippen molar-refractivity contribution < 1.29 is 9.59 Å². The van der Waals surface area contributed by atoms with Gasteiger partial charge < -0.3 is 26.6 Å². The van der Waals surface area contributed by atoms with Crippen LogP contribution >= 0.6 is 0 Å². The molecule has 0 radical (unpaired) electrons. The van der Waals surface area contributed by atoms with Crippen molar-refractivity contribution in [2.24, 2.45) is 4.99 Å². The number of guanidine groups is 1. The summed E-state index contributed by atoms with van der Waals surface area (Å²) in [6.45, 7) is 5.46. The molecule has 240 valence electrons. The van der Waals surface area contributed by atoms with Gasteiger partial charge in [0.05, 0.1) is 18.3 Å². The van der Waals surface area contributed by atoms with Crippen molar-refractivity contribution in [1.29, 1.82) is 0 Å². The van der Waals surface area contributed by atoms with Gasteiger partial charge >= 0.3 is 0 Å². The van der Waals surface area contributed by atoms with Gasteiger partial charge in [-0.1, -0.05) is 78.9 Å². The molecular formula is C38H41N7O2. The Morgan fingerprint density at radius 3 is 2.43 bits per heavy atom. The van der Waals surface area contributed by atoms with Crippen LogP contribution in [0, 0.1) is 0 Å². The molecule has 1 aliphatic heterocycles. The Balaban J connectivity index is 1.18. The maximum absolute atomic E-state index is 13.9. The Labute approximate surface area is 275 Å². The average Bonchev–Trinajstić information content (AvgIpc) is 3.63. The van der Waals surface area contributed by atoms with Crippen LogP contribution in [0.4, 0.5) is 0 Å². The zero-order chi connectivity index (χ0) is 32.4. The molecule has 1 aromatic heterocycles. The quantitative estimate of drug-likeness (QED) is 0.118. The summed E-state index contributed by atoms with van der Waals surface area (Å²) in [5, 5.41) is 20.3. The Hall–Kier alpha value is -5.28. The molecule has 0 saturated heterocycles. The summed E-state index contributed by atoms with van der Waals surface area (Å²) in [5.74, 6) is 0.289. The molecule has 0 spiro atoms. The summed E-state index contributed by atoms with van der Waals surface area (Å²) >= 11 is 0. The van der Waals surface area contributed by atoms with Crippen LogP contribution in [0.25, 0.3) is 21.5 Å². The van der Waals surface area contributed by atoms with E-state index in [1.807, 2.05) is 85.8 Å². The van der Waals surface area contributed by atoms with E-state index in [0.717, 1.165) is 57.4 Å². The molecule has 47 heavy (non-hydrogen) atoms. The van der Waals surface area contributed by atoms with Gasteiger partial charge in [-0.2, -0.15) is 0 Å². The molecule has 0 aliphatic carbocycles. The van der Waals surface area contributed by atoms with E-state index in [1.54, 1.807) is 6.20 Å². The van der Waals surface area contributed by atoms with Crippen LogP contribution in [-0.4, -0.2) is 48.4 Å². The van der Waals surface area contributed by atoms with Crippen LogP contribution in [0.3, 0.4) is 0 Å². The number of hydrogen-bond acceptors (Lipinski definition) is 7. The highest BCUT2D eigenvalue weighted by molar-refractivity contribution is 6.09. The topological polar surface area (TPSA) is 120 Å². The first-order chi connectivity index (χ1) is 23.1. The lowest BCUT2D eigenvalue weighted by molar-refractivity contribution is -0.123. The van der Waals surface area contributed by atoms with Crippen LogP contribution in [0.1, 0.15) is 53.0 Å². The maximum atomic E-state index is 13.9. The van der Waals surface area contributed by atoms with Crippen LogP contribution < -0.4 is 26.6 Å². The highest BCUT2D eigenvalue weighted by Gasteiger charge is 2.24. The van der Waals surface area contributed by atoms with E-state index < -0.39 is 6.04 Å². The Morgan fingerprint density at radius 1 is 0.830 bits per heavy atom. The molecule has 2 heterocycles. The Kier molecular flexibility index (Phi) is 10.3. The van der Waals surface area contributed by atoms with Gasteiger partial charge in [0.25, 0.3) is 5.91 Å². The number of carbonyl (C=O) groups excluding carboxylic acids is 2. The second kappa shape index (κ2) is 15.3. The number of amides is 2. The van der Waals surface area contributed by atoms with Gasteiger partial charge in [0.1, 0.15) is 6.04 Å². The molecule has 0 saturated carbocycles. The van der Waals surface area contributed by atoms with E-state index in [0.29, 0.717) is 38.0 Å². The van der Waals surface area contributed by atoms with E-state index in [9.17, 15) is 9.59 Å². The van der Waals surface area contributed by atoms with Crippen LogP contribution in [0.2, 0.25) is 0 Å². The normalized spacial score (nSPS) is 13.9. The lowest BCUT2D eigenvalue weighted by Crippen LogP contribution is -2.47. The van der Waals surface area contributed by atoms with E-state index >= 15 is 0 Å². The van der Waals surface area contributed by atoms with Crippen molar-refractivity contribution in [2.45, 2.75) is 44.9 Å². The van der Waals surface area contributed by atoms with E-state index in [1.165, 1.54) is 0 Å². The number of nitrogens with zero attached hydrogens (tertiary/aromatic N) is 2. The molecule has 0 fully saturated rings. The Bertz CT molecular complexity index is 1870. The summed E-state index contributed by atoms with van der Waals surface area (Å²) in [4.78, 5) is 36.5. The third-order valence-electron chi connectivity index (χ3n) is 8.51. The van der Waals surface area contributed by atoms with Gasteiger partial charge in [0.15, 0.2) is 5.96 Å². The smallest absolute Gasteiger partial charge is 0.252 e. The fraction of sp³-hybridized carbons (Fsp3) is 0.263. The number of rotatable bonds is 13. The van der Waals surface area contributed by atoms with E-state index in [2.05, 4.69) is 54.8 Å². The standard InChI is InChI=1S/C38H41N7O2/c1-26(30-16-8-11-27-10-2-3-13-31(27)30)44-37(47)35(17-9-21-41-38-42-22-23-43-38)45-36(46)34-19-18-28(32-14-4-5-15-33(32)34)24-39-25-29-12-6-7-20-40-29/h2-8,10-16,18-20,26,35,39H,9,17,21-25H2,1H3,(H,44,47)(H,45,46)(H2,41,42,43)/t26-,35-/m0/s1. The molecule has 2 atom stereocenters. The molecule has 1 aliphatic rings. The number of carbonyl (C=O) groups is 2. The molecular weight excluding hydrogens is 586 g/mol. The summed E-state index contributed by atoms with van der Waals surface area (Å²) in [6, 6.07) is 30.9. The van der Waals surface area contributed by atoms with Crippen molar-refractivity contribution in [3.63, 3.8) is 0 Å². The molecule has 4 aromatic carbocycles. The molecule has 0 bridgehead atoms. The zero-order valence-electron chi connectivity index (χ0n) is 26.6. The van der Waals surface area contributed by atoms with Crippen molar-refractivity contribution in [1.82, 2.24) is 31.6 Å². The van der Waals surface area contributed by atoms with Crippen molar-refractivity contribution in [3.05, 3.63) is 126 Å². The van der Waals surface area contributed by atoms with E-state index in [-0.39, 0.29) is 17.9 Å². The number of hydrogen-bond donors (Lipinski definition) is 5. The molecule has 2 amide bonds. The number of nitrogens with one attached hydrogen (secondary N) is 5. The monoisotopic (exact) mass is 627 g/mol. The molecule has 9 nitrogen and oxygen atoms in total. The second-order valence-electron chi connectivity index (χ2n) is 11.8. The predicted molar refractivity (Wildman–Crippen MR) is 188 cm³/mol. The van der Waals surface area contributed by atoms with Crippen molar-refractivity contribution >= 4 is 39.3 Å². The van der Waals surface area contributed by atoms with Crippen LogP contribution in [-0.2, 0) is 17.9 Å². The van der Waals surface area contributed by atoms with Gasteiger partial charge in [0.2, 0.25) is 5.91 Å². The molecule has 5 N–H and O–H groups in total. The largest absolute Gasteiger partial charge is 0.356 e. The minimum Gasteiger partial charge on any atom is -0.356 e. The zero-order valence-corrected chi connectivity index (χ0v) is 26.6. The maximum Gasteiger partial charge on any atom is 0.252 e. The summed E-state index contributed by atoms with van der Waals surface area (Å²) in [7, 11) is 0.